The number of alkyl halides is 3. The topological polar surface area (TPSA) is 74.2 Å². The molecule has 1 atom stereocenters. The van der Waals surface area contributed by atoms with Crippen molar-refractivity contribution in [3.63, 3.8) is 0 Å². The molecule has 2 rings (SSSR count). The summed E-state index contributed by atoms with van der Waals surface area (Å²) in [6.45, 7) is -0.0315. The molecular weight excluding hydrogens is 359 g/mol. The number of nitrogens with zero attached hydrogens (tertiary/aromatic N) is 1. The van der Waals surface area contributed by atoms with E-state index >= 15 is 0 Å². The van der Waals surface area contributed by atoms with Gasteiger partial charge in [-0.05, 0) is 43.9 Å². The Morgan fingerprint density at radius 1 is 1.44 bits per heavy atom. The molecule has 0 spiro atoms. The number of benzene rings is 1. The van der Waals surface area contributed by atoms with Crippen LogP contribution in [0.4, 0.5) is 18.9 Å². The molecule has 0 heterocycles. The molecule has 0 aliphatic heterocycles. The van der Waals surface area contributed by atoms with E-state index in [1.807, 2.05) is 0 Å². The van der Waals surface area contributed by atoms with Crippen LogP contribution in [-0.4, -0.2) is 30.8 Å². The van der Waals surface area contributed by atoms with Crippen LogP contribution in [0.15, 0.2) is 18.2 Å². The summed E-state index contributed by atoms with van der Waals surface area (Å²) in [4.78, 5) is 12.1. The molecule has 1 aromatic rings. The average Bonchev–Trinajstić information content (AvgIpc) is 3.36. The Hall–Kier alpha value is -2.14. The van der Waals surface area contributed by atoms with E-state index in [-0.39, 0.29) is 28.9 Å². The van der Waals surface area contributed by atoms with Gasteiger partial charge in [0, 0.05) is 5.02 Å². The third-order valence-electron chi connectivity index (χ3n) is 3.80. The Bertz CT molecular complexity index is 686. The number of ether oxygens (including phenoxy) is 1. The molecule has 0 radical (unpaired) electrons. The molecule has 1 aromatic carbocycles. The van der Waals surface area contributed by atoms with Crippen molar-refractivity contribution < 1.29 is 22.7 Å². The fourth-order valence-electron chi connectivity index (χ4n) is 2.32. The summed E-state index contributed by atoms with van der Waals surface area (Å²) < 4.78 is 41.6. The van der Waals surface area contributed by atoms with E-state index in [0.29, 0.717) is 0 Å². The zero-order valence-electron chi connectivity index (χ0n) is 13.4. The summed E-state index contributed by atoms with van der Waals surface area (Å²) in [6.07, 6.45) is -2.73. The van der Waals surface area contributed by atoms with E-state index in [0.717, 1.165) is 12.8 Å². The predicted octanol–water partition coefficient (Wildman–Crippen LogP) is 3.50. The lowest BCUT2D eigenvalue weighted by Gasteiger charge is -2.23. The van der Waals surface area contributed by atoms with Crippen molar-refractivity contribution >= 4 is 23.2 Å². The highest BCUT2D eigenvalue weighted by atomic mass is 35.5. The number of hydrogen-bond acceptors (Lipinski definition) is 4. The van der Waals surface area contributed by atoms with E-state index in [4.69, 9.17) is 16.3 Å². The van der Waals surface area contributed by atoms with Crippen molar-refractivity contribution in [1.82, 2.24) is 5.32 Å². The number of rotatable bonds is 7. The number of nitriles is 1. The second-order valence-corrected chi connectivity index (χ2v) is 6.47. The summed E-state index contributed by atoms with van der Waals surface area (Å²) in [5, 5.41) is 14.9. The highest BCUT2D eigenvalue weighted by Crippen LogP contribution is 2.39. The second kappa shape index (κ2) is 7.40. The van der Waals surface area contributed by atoms with E-state index in [1.54, 1.807) is 6.92 Å². The summed E-state index contributed by atoms with van der Waals surface area (Å²) in [5.41, 5.74) is -0.778. The van der Waals surface area contributed by atoms with Crippen LogP contribution < -0.4 is 15.4 Å². The first-order valence-corrected chi connectivity index (χ1v) is 7.96. The minimum Gasteiger partial charge on any atom is -0.482 e. The summed E-state index contributed by atoms with van der Waals surface area (Å²) >= 11 is 5.84. The Kier molecular flexibility index (Phi) is 5.68. The smallest absolute Gasteiger partial charge is 0.422 e. The van der Waals surface area contributed by atoms with Gasteiger partial charge in [0.15, 0.2) is 6.61 Å². The van der Waals surface area contributed by atoms with Gasteiger partial charge >= 0.3 is 6.18 Å². The lowest BCUT2D eigenvalue weighted by molar-refractivity contribution is -0.153. The number of carbonyl (C=O) groups excluding carboxylic acids is 1. The zero-order valence-corrected chi connectivity index (χ0v) is 14.2. The predicted molar refractivity (Wildman–Crippen MR) is 86.4 cm³/mol. The van der Waals surface area contributed by atoms with Crippen molar-refractivity contribution in [3.05, 3.63) is 23.2 Å². The second-order valence-electron chi connectivity index (χ2n) is 6.03. The van der Waals surface area contributed by atoms with Crippen LogP contribution in [0.5, 0.6) is 5.75 Å². The lowest BCUT2D eigenvalue weighted by atomic mass is 9.98. The number of amides is 1. The standard InChI is InChI=1S/C16H17ClF3N3O2/c1-15(8-21,10-2-3-10)23-14(24)7-22-12-6-11(17)4-5-13(12)25-9-16(18,19)20/h4-6,10,22H,2-3,7,9H2,1H3,(H,23,24). The van der Waals surface area contributed by atoms with Crippen molar-refractivity contribution in [1.29, 1.82) is 5.26 Å². The maximum atomic E-state index is 12.3. The molecule has 1 aliphatic carbocycles. The van der Waals surface area contributed by atoms with Gasteiger partial charge in [0.2, 0.25) is 5.91 Å². The number of carbonyl (C=O) groups is 1. The maximum absolute atomic E-state index is 12.3. The molecule has 25 heavy (non-hydrogen) atoms. The van der Waals surface area contributed by atoms with Gasteiger partial charge in [-0.2, -0.15) is 18.4 Å². The molecule has 1 saturated carbocycles. The number of nitrogens with one attached hydrogen (secondary N) is 2. The molecule has 1 fully saturated rings. The van der Waals surface area contributed by atoms with Crippen LogP contribution in [0.1, 0.15) is 19.8 Å². The van der Waals surface area contributed by atoms with Gasteiger partial charge in [0.05, 0.1) is 18.3 Å². The minimum atomic E-state index is -4.48. The highest BCUT2D eigenvalue weighted by molar-refractivity contribution is 6.30. The Balaban J connectivity index is 1.98. The lowest BCUT2D eigenvalue weighted by Crippen LogP contribution is -2.48. The van der Waals surface area contributed by atoms with Crippen LogP contribution in [0.3, 0.4) is 0 Å². The molecule has 0 aromatic heterocycles. The normalized spacial score (nSPS) is 16.5. The molecule has 2 N–H and O–H groups in total. The summed E-state index contributed by atoms with van der Waals surface area (Å²) in [7, 11) is 0. The van der Waals surface area contributed by atoms with Gasteiger partial charge in [-0.3, -0.25) is 4.79 Å². The average molecular weight is 376 g/mol. The number of halogens is 4. The Morgan fingerprint density at radius 2 is 2.12 bits per heavy atom. The Labute approximate surface area is 148 Å². The Morgan fingerprint density at radius 3 is 2.68 bits per heavy atom. The minimum absolute atomic E-state index is 0.0697. The van der Waals surface area contributed by atoms with Crippen LogP contribution >= 0.6 is 11.6 Å². The molecule has 5 nitrogen and oxygen atoms in total. The fourth-order valence-corrected chi connectivity index (χ4v) is 2.49. The maximum Gasteiger partial charge on any atom is 0.422 e. The third kappa shape index (κ3) is 5.71. The largest absolute Gasteiger partial charge is 0.482 e. The van der Waals surface area contributed by atoms with Gasteiger partial charge in [-0.25, -0.2) is 0 Å². The van der Waals surface area contributed by atoms with Gasteiger partial charge in [-0.15, -0.1) is 0 Å². The van der Waals surface area contributed by atoms with E-state index in [9.17, 15) is 23.2 Å². The van der Waals surface area contributed by atoms with Gasteiger partial charge in [0.1, 0.15) is 11.3 Å². The number of hydrogen-bond donors (Lipinski definition) is 2. The molecule has 9 heteroatoms. The molecule has 136 valence electrons. The first-order chi connectivity index (χ1) is 11.6. The van der Waals surface area contributed by atoms with Gasteiger partial charge < -0.3 is 15.4 Å². The molecule has 0 saturated heterocycles. The van der Waals surface area contributed by atoms with Crippen molar-refractivity contribution in [3.8, 4) is 11.8 Å². The van der Waals surface area contributed by atoms with Gasteiger partial charge in [-0.1, -0.05) is 11.6 Å². The third-order valence-corrected chi connectivity index (χ3v) is 4.03. The van der Waals surface area contributed by atoms with Crippen LogP contribution in [-0.2, 0) is 4.79 Å². The molecule has 1 unspecified atom stereocenters. The number of anilines is 1. The molecular formula is C16H17ClF3N3O2. The fraction of sp³-hybridized carbons (Fsp3) is 0.500. The van der Waals surface area contributed by atoms with Crippen molar-refractivity contribution in [2.24, 2.45) is 5.92 Å². The highest BCUT2D eigenvalue weighted by Gasteiger charge is 2.42. The van der Waals surface area contributed by atoms with E-state index in [2.05, 4.69) is 16.7 Å². The van der Waals surface area contributed by atoms with Crippen molar-refractivity contribution in [2.75, 3.05) is 18.5 Å². The van der Waals surface area contributed by atoms with Gasteiger partial charge in [0.25, 0.3) is 0 Å². The van der Waals surface area contributed by atoms with E-state index < -0.39 is 24.2 Å². The summed E-state index contributed by atoms with van der Waals surface area (Å²) in [5.74, 6) is -0.393. The van der Waals surface area contributed by atoms with Crippen LogP contribution in [0.25, 0.3) is 0 Å². The molecule has 1 aliphatic rings. The van der Waals surface area contributed by atoms with E-state index in [1.165, 1.54) is 18.2 Å². The molecule has 1 amide bonds. The summed E-state index contributed by atoms with van der Waals surface area (Å²) in [6, 6.07) is 6.14. The first kappa shape index (κ1) is 19.2. The van der Waals surface area contributed by atoms with Crippen LogP contribution in [0.2, 0.25) is 5.02 Å². The first-order valence-electron chi connectivity index (χ1n) is 7.58. The monoisotopic (exact) mass is 375 g/mol. The van der Waals surface area contributed by atoms with Crippen LogP contribution in [0, 0.1) is 17.2 Å². The quantitative estimate of drug-likeness (QED) is 0.765. The molecule has 0 bridgehead atoms. The zero-order chi connectivity index (χ0) is 18.7. The SMILES string of the molecule is CC(C#N)(NC(=O)CNc1cc(Cl)ccc1OCC(F)(F)F)C1CC1. The van der Waals surface area contributed by atoms with Crippen molar-refractivity contribution in [2.45, 2.75) is 31.5 Å².